The number of hydrogen-bond donors (Lipinski definition) is 13. The molecule has 0 radical (unpaired) electrons. The largest absolute Gasteiger partial charge is 0.495 e. The molecule has 0 aromatic carbocycles. The van der Waals surface area contributed by atoms with Crippen LogP contribution in [0.4, 0.5) is 0 Å². The number of carbonyl (C=O) groups excluding carboxylic acids is 1. The average molecular weight is 1130 g/mol. The van der Waals surface area contributed by atoms with Gasteiger partial charge in [0.2, 0.25) is 70.8 Å². The molecule has 5 aromatic heterocycles. The first kappa shape index (κ1) is 59.5. The first-order valence-electron chi connectivity index (χ1n) is 22.8. The lowest BCUT2D eigenvalue weighted by Gasteiger charge is -2.24. The molecule has 6 rings (SSSR count). The van der Waals surface area contributed by atoms with Crippen molar-refractivity contribution in [3.05, 3.63) is 145 Å². The Labute approximate surface area is 460 Å². The summed E-state index contributed by atoms with van der Waals surface area (Å²) in [6, 6.07) is -0.822. The predicted molar refractivity (Wildman–Crippen MR) is 298 cm³/mol. The van der Waals surface area contributed by atoms with Crippen molar-refractivity contribution in [2.45, 2.75) is 58.4 Å². The summed E-state index contributed by atoms with van der Waals surface area (Å²) in [7, 11) is 0. The molecule has 8 bridgehead atoms. The SMILES string of the molecule is C=C(N=C(O)C(=C)NC(=O)c1ccc2c(n1)-c1coc(n1)C(=C)N=C(O)C(=C)N=C(O)c1nc(oc1C)C(=C)N=C(O)[C@H](C(C)(C)O)N=C(O)C(=C)N=C(O)c1coc(n1)/C(=C/C)N=C(O)[C@H]([C@@H](C)O)N=C(O)c1csc-2n1)C(=N)O. The van der Waals surface area contributed by atoms with Crippen LogP contribution < -0.4 is 5.32 Å². The van der Waals surface area contributed by atoms with Gasteiger partial charge in [-0.1, -0.05) is 45.5 Å². The Morgan fingerprint density at radius 2 is 1.37 bits per heavy atom. The zero-order valence-corrected chi connectivity index (χ0v) is 44.0. The van der Waals surface area contributed by atoms with Crippen LogP contribution in [0, 0.1) is 12.3 Å². The number of carbonyl (C=O) groups is 1. The van der Waals surface area contributed by atoms with Crippen LogP contribution in [0.3, 0.4) is 0 Å². The zero-order valence-electron chi connectivity index (χ0n) is 43.2. The maximum Gasteiger partial charge on any atom is 0.274 e. The number of oxazole rings is 3. The molecule has 81 heavy (non-hydrogen) atoms. The minimum atomic E-state index is -1.96. The van der Waals surface area contributed by atoms with E-state index >= 15 is 0 Å². The molecule has 13 N–H and O–H groups in total. The summed E-state index contributed by atoms with van der Waals surface area (Å²) < 4.78 is 16.7. The third-order valence-corrected chi connectivity index (χ3v) is 11.4. The topological polar surface area (TPSA) is 478 Å². The molecular formula is C50H49N15O15S. The number of aliphatic hydroxyl groups is 11. The molecule has 1 aliphatic heterocycles. The number of nitrogens with one attached hydrogen (secondary N) is 2. The van der Waals surface area contributed by atoms with Crippen LogP contribution in [0.5, 0.6) is 0 Å². The van der Waals surface area contributed by atoms with E-state index < -0.39 is 117 Å². The van der Waals surface area contributed by atoms with Crippen molar-refractivity contribution in [1.29, 1.82) is 5.41 Å². The molecule has 420 valence electrons. The van der Waals surface area contributed by atoms with Crippen LogP contribution in [0.1, 0.15) is 78.7 Å². The molecule has 1 amide bonds. The molecule has 3 atom stereocenters. The smallest absolute Gasteiger partial charge is 0.274 e. The first-order chi connectivity index (χ1) is 38.0. The maximum absolute atomic E-state index is 13.5. The van der Waals surface area contributed by atoms with Crippen LogP contribution >= 0.6 is 11.3 Å². The van der Waals surface area contributed by atoms with Gasteiger partial charge in [-0.25, -0.2) is 64.9 Å². The molecule has 0 fully saturated rings. The fourth-order valence-corrected chi connectivity index (χ4v) is 7.21. The molecule has 5 aromatic rings. The number of fused-ring (bicyclic) bond motifs is 11. The number of rotatable bonds is 7. The molecule has 30 nitrogen and oxygen atoms in total. The van der Waals surface area contributed by atoms with E-state index in [1.165, 1.54) is 58.2 Å². The fraction of sp³-hybridized carbons (Fsp3) is 0.180. The second-order valence-corrected chi connectivity index (χ2v) is 18.0. The standard InChI is InChI=1S/C50H49N15O15S/c1-12-27-48-61-30(16-79-48)41(72)54-21(5)39(70)65-35(50(10,11)77)45(76)57-23(7)47-64-33(25(9)80-47)44(75)55-20(4)38(69)56-22(6)46-60-29(15-78-46)34-26(49-62-31(17-81-49)42(73)63-32(24(8)66)43(74)59-27)13-14-28(58-34)40(71)53-19(3)37(68)52-18(2)36(51)67/h12-17,24,32,35,66,77H,2-7H2,1,8-11H3,(H2,51,67)(H,52,68)(H,53,71)(H,54,72)(H,55,75)(H,56,69)(H,57,76)(H,59,74)(H,63,73)(H,65,70)/b27-12-/t24-,32+,35-/m1/s1. The summed E-state index contributed by atoms with van der Waals surface area (Å²) in [5, 5.41) is 130. The van der Waals surface area contributed by atoms with Crippen molar-refractivity contribution in [2.75, 3.05) is 0 Å². The fourth-order valence-electron chi connectivity index (χ4n) is 6.38. The lowest BCUT2D eigenvalue weighted by Crippen LogP contribution is -2.41. The van der Waals surface area contributed by atoms with Gasteiger partial charge in [-0.05, 0) is 46.8 Å². The summed E-state index contributed by atoms with van der Waals surface area (Å²) in [5.74, 6) is -10.4. The first-order valence-corrected chi connectivity index (χ1v) is 23.7. The third-order valence-electron chi connectivity index (χ3n) is 10.5. The molecule has 31 heteroatoms. The van der Waals surface area contributed by atoms with Crippen molar-refractivity contribution in [3.63, 3.8) is 0 Å². The monoisotopic (exact) mass is 1130 g/mol. The van der Waals surface area contributed by atoms with Gasteiger partial charge >= 0.3 is 0 Å². The number of thiazole rings is 1. The van der Waals surface area contributed by atoms with Crippen LogP contribution in [0.25, 0.3) is 39.1 Å². The van der Waals surface area contributed by atoms with E-state index in [9.17, 15) is 61.0 Å². The number of aliphatic imine (C=N–C) groups is 8. The lowest BCUT2D eigenvalue weighted by atomic mass is 9.99. The van der Waals surface area contributed by atoms with E-state index in [1.54, 1.807) is 0 Å². The van der Waals surface area contributed by atoms with E-state index in [1.807, 2.05) is 0 Å². The molecule has 0 unspecified atom stereocenters. The summed E-state index contributed by atoms with van der Waals surface area (Å²) >= 11 is 0.923. The Hall–Kier alpha value is -10.8. The number of nitrogens with zero attached hydrogens (tertiary/aromatic N) is 13. The number of aromatic nitrogens is 5. The van der Waals surface area contributed by atoms with Gasteiger partial charge in [0.05, 0.1) is 17.4 Å². The van der Waals surface area contributed by atoms with Gasteiger partial charge in [-0.3, -0.25) is 10.2 Å². The maximum atomic E-state index is 13.5. The highest BCUT2D eigenvalue weighted by Crippen LogP contribution is 2.34. The molecule has 6 heterocycles. The summed E-state index contributed by atoms with van der Waals surface area (Å²) in [6.45, 7) is 28.0. The molecule has 0 saturated carbocycles. The third kappa shape index (κ3) is 14.0. The number of allylic oxidation sites excluding steroid dienone is 1. The summed E-state index contributed by atoms with van der Waals surface area (Å²) in [5.41, 5.74) is -6.40. The van der Waals surface area contributed by atoms with Crippen molar-refractivity contribution < 1.29 is 74.2 Å². The molecule has 0 saturated heterocycles. The lowest BCUT2D eigenvalue weighted by molar-refractivity contribution is 0.0681. The van der Waals surface area contributed by atoms with Crippen LogP contribution in [0.2, 0.25) is 0 Å². The molecule has 1 aliphatic rings. The number of aliphatic hydroxyl groups excluding tert-OH is 10. The minimum absolute atomic E-state index is 0.0798. The molecule has 0 aliphatic carbocycles. The van der Waals surface area contributed by atoms with Gasteiger partial charge in [0.1, 0.15) is 80.3 Å². The van der Waals surface area contributed by atoms with E-state index in [2.05, 4.69) is 110 Å². The molecule has 0 spiro atoms. The average Bonchev–Trinajstić information content (AvgIpc) is 4.26. The Balaban J connectivity index is 1.47. The van der Waals surface area contributed by atoms with Gasteiger partial charge in [0, 0.05) is 10.9 Å². The number of hydrogen-bond acceptors (Lipinski definition) is 21. The van der Waals surface area contributed by atoms with Gasteiger partial charge in [-0.15, -0.1) is 11.3 Å². The van der Waals surface area contributed by atoms with Crippen LogP contribution in [0.15, 0.2) is 152 Å². The van der Waals surface area contributed by atoms with E-state index in [0.29, 0.717) is 0 Å². The van der Waals surface area contributed by atoms with Crippen molar-refractivity contribution in [2.24, 2.45) is 39.9 Å². The van der Waals surface area contributed by atoms with Gasteiger partial charge < -0.3 is 74.7 Å². The number of aryl methyl sites for hydroxylation is 1. The van der Waals surface area contributed by atoms with E-state index in [0.717, 1.165) is 23.9 Å². The van der Waals surface area contributed by atoms with Crippen LogP contribution in [-0.2, 0) is 0 Å². The normalized spacial score (nSPS) is 17.6. The van der Waals surface area contributed by atoms with Crippen LogP contribution in [-0.4, -0.2) is 164 Å². The predicted octanol–water partition coefficient (Wildman–Crippen LogP) is 6.77. The highest BCUT2D eigenvalue weighted by molar-refractivity contribution is 7.13. The Bertz CT molecular complexity index is 3740. The zero-order chi connectivity index (χ0) is 59.9. The quantitative estimate of drug-likeness (QED) is 0.0590. The second kappa shape index (κ2) is 24.3. The van der Waals surface area contributed by atoms with Crippen molar-refractivity contribution in [3.8, 4) is 22.0 Å². The Morgan fingerprint density at radius 3 is 2.02 bits per heavy atom. The van der Waals surface area contributed by atoms with Gasteiger partial charge in [-0.2, -0.15) is 0 Å². The van der Waals surface area contributed by atoms with E-state index in [4.69, 9.17) is 18.7 Å². The van der Waals surface area contributed by atoms with E-state index in [-0.39, 0.29) is 73.7 Å². The van der Waals surface area contributed by atoms with Crippen molar-refractivity contribution >= 4 is 87.4 Å². The highest BCUT2D eigenvalue weighted by Gasteiger charge is 2.34. The summed E-state index contributed by atoms with van der Waals surface area (Å²) in [4.78, 5) is 66.1. The Kier molecular flexibility index (Phi) is 17.8. The van der Waals surface area contributed by atoms with Gasteiger partial charge in [0.15, 0.2) is 23.5 Å². The summed E-state index contributed by atoms with van der Waals surface area (Å²) in [6.07, 6.45) is 1.79. The minimum Gasteiger partial charge on any atom is -0.495 e. The second-order valence-electron chi connectivity index (χ2n) is 17.1. The van der Waals surface area contributed by atoms with Gasteiger partial charge in [0.25, 0.3) is 5.91 Å². The Morgan fingerprint density at radius 1 is 0.753 bits per heavy atom. The molecular weight excluding hydrogens is 1080 g/mol. The number of amides is 1. The van der Waals surface area contributed by atoms with Crippen molar-refractivity contribution in [1.82, 2.24) is 30.2 Å². The highest BCUT2D eigenvalue weighted by atomic mass is 32.1. The number of pyridine rings is 1.